The maximum Gasteiger partial charge on any atom is 0.120 e. The highest BCUT2D eigenvalue weighted by Crippen LogP contribution is 2.29. The predicted molar refractivity (Wildman–Crippen MR) is 86.5 cm³/mol. The van der Waals surface area contributed by atoms with Crippen LogP contribution in [0.1, 0.15) is 5.56 Å². The number of ether oxygens (including phenoxy) is 1. The van der Waals surface area contributed by atoms with Crippen molar-refractivity contribution >= 4 is 22.3 Å². The molecule has 0 aliphatic carbocycles. The first-order chi connectivity index (χ1) is 10.3. The van der Waals surface area contributed by atoms with E-state index in [2.05, 4.69) is 10.3 Å². The number of hydrogen-bond donors (Lipinski definition) is 2. The zero-order chi connectivity index (χ0) is 14.7. The Labute approximate surface area is 123 Å². The minimum absolute atomic E-state index is 0.533. The molecule has 0 radical (unpaired) electrons. The van der Waals surface area contributed by atoms with Crippen LogP contribution in [0.3, 0.4) is 0 Å². The summed E-state index contributed by atoms with van der Waals surface area (Å²) in [6.07, 6.45) is 1.74. The van der Waals surface area contributed by atoms with Crippen molar-refractivity contribution in [3.8, 4) is 5.75 Å². The number of pyridine rings is 1. The lowest BCUT2D eigenvalue weighted by Gasteiger charge is -2.10. The van der Waals surface area contributed by atoms with Crippen LogP contribution in [0.15, 0.2) is 54.7 Å². The van der Waals surface area contributed by atoms with Gasteiger partial charge in [-0.2, -0.15) is 0 Å². The van der Waals surface area contributed by atoms with Crippen molar-refractivity contribution in [1.82, 2.24) is 4.98 Å². The van der Waals surface area contributed by atoms with Gasteiger partial charge < -0.3 is 15.8 Å². The van der Waals surface area contributed by atoms with Gasteiger partial charge in [0, 0.05) is 12.4 Å². The second-order valence-electron chi connectivity index (χ2n) is 4.79. The van der Waals surface area contributed by atoms with Crippen LogP contribution in [-0.4, -0.2) is 12.0 Å². The molecule has 0 unspecified atom stereocenters. The first-order valence-corrected chi connectivity index (χ1v) is 6.80. The first kappa shape index (κ1) is 13.2. The minimum Gasteiger partial charge on any atom is -0.489 e. The molecule has 4 heteroatoms. The normalized spacial score (nSPS) is 10.5. The molecule has 0 amide bonds. The summed E-state index contributed by atoms with van der Waals surface area (Å²) in [6, 6.07) is 15.8. The highest BCUT2D eigenvalue weighted by atomic mass is 16.5. The molecule has 0 atom stereocenters. The van der Waals surface area contributed by atoms with E-state index >= 15 is 0 Å². The lowest BCUT2D eigenvalue weighted by Crippen LogP contribution is -1.99. The number of nitrogens with two attached hydrogens (primary N) is 1. The zero-order valence-electron chi connectivity index (χ0n) is 11.8. The van der Waals surface area contributed by atoms with Gasteiger partial charge in [0.2, 0.25) is 0 Å². The highest BCUT2D eigenvalue weighted by molar-refractivity contribution is 5.96. The number of aromatic nitrogens is 1. The average Bonchev–Trinajstić information content (AvgIpc) is 2.54. The fraction of sp³-hybridized carbons (Fsp3) is 0.118. The average molecular weight is 279 g/mol. The van der Waals surface area contributed by atoms with Crippen LogP contribution in [0.25, 0.3) is 10.9 Å². The van der Waals surface area contributed by atoms with Crippen molar-refractivity contribution < 1.29 is 4.74 Å². The van der Waals surface area contributed by atoms with Gasteiger partial charge in [-0.25, -0.2) is 0 Å². The molecule has 3 aromatic rings. The van der Waals surface area contributed by atoms with Gasteiger partial charge >= 0.3 is 0 Å². The number of nitrogens with one attached hydrogen (secondary N) is 1. The topological polar surface area (TPSA) is 60.2 Å². The van der Waals surface area contributed by atoms with Gasteiger partial charge in [0.05, 0.1) is 23.1 Å². The molecule has 0 fully saturated rings. The SMILES string of the molecule is CNc1cnc2ccc(OCc3ccccc3)cc2c1N. The number of rotatable bonds is 4. The third-order valence-corrected chi connectivity index (χ3v) is 3.40. The van der Waals surface area contributed by atoms with Gasteiger partial charge in [-0.15, -0.1) is 0 Å². The van der Waals surface area contributed by atoms with E-state index in [0.717, 1.165) is 27.9 Å². The predicted octanol–water partition coefficient (Wildman–Crippen LogP) is 3.44. The van der Waals surface area contributed by atoms with Crippen LogP contribution in [0.5, 0.6) is 5.75 Å². The second kappa shape index (κ2) is 5.71. The Morgan fingerprint density at radius 1 is 1.14 bits per heavy atom. The van der Waals surface area contributed by atoms with E-state index in [-0.39, 0.29) is 0 Å². The number of fused-ring (bicyclic) bond motifs is 1. The summed E-state index contributed by atoms with van der Waals surface area (Å²) in [5.74, 6) is 0.785. The molecule has 0 saturated carbocycles. The van der Waals surface area contributed by atoms with E-state index in [4.69, 9.17) is 10.5 Å². The van der Waals surface area contributed by atoms with Crippen molar-refractivity contribution in [2.45, 2.75) is 6.61 Å². The van der Waals surface area contributed by atoms with E-state index in [1.807, 2.05) is 55.6 Å². The monoisotopic (exact) mass is 279 g/mol. The molecular weight excluding hydrogens is 262 g/mol. The van der Waals surface area contributed by atoms with Crippen LogP contribution in [0.2, 0.25) is 0 Å². The van der Waals surface area contributed by atoms with Gasteiger partial charge in [0.1, 0.15) is 12.4 Å². The molecule has 0 aliphatic rings. The molecule has 4 nitrogen and oxygen atoms in total. The summed E-state index contributed by atoms with van der Waals surface area (Å²) in [5.41, 5.74) is 9.65. The Morgan fingerprint density at radius 3 is 2.71 bits per heavy atom. The molecule has 3 N–H and O–H groups in total. The number of nitrogens with zero attached hydrogens (tertiary/aromatic N) is 1. The van der Waals surface area contributed by atoms with Crippen molar-refractivity contribution in [1.29, 1.82) is 0 Å². The van der Waals surface area contributed by atoms with E-state index in [0.29, 0.717) is 12.3 Å². The summed E-state index contributed by atoms with van der Waals surface area (Å²) in [6.45, 7) is 0.533. The molecule has 0 bridgehead atoms. The summed E-state index contributed by atoms with van der Waals surface area (Å²) in [4.78, 5) is 4.37. The highest BCUT2D eigenvalue weighted by Gasteiger charge is 2.06. The quantitative estimate of drug-likeness (QED) is 0.768. The summed E-state index contributed by atoms with van der Waals surface area (Å²) >= 11 is 0. The van der Waals surface area contributed by atoms with Crippen LogP contribution < -0.4 is 15.8 Å². The standard InChI is InChI=1S/C17H17N3O/c1-19-16-10-20-15-8-7-13(9-14(15)17(16)18)21-11-12-5-3-2-4-6-12/h2-10,19H,11H2,1H3,(H2,18,20). The van der Waals surface area contributed by atoms with Gasteiger partial charge in [-0.05, 0) is 23.8 Å². The molecule has 21 heavy (non-hydrogen) atoms. The van der Waals surface area contributed by atoms with Gasteiger partial charge in [0.25, 0.3) is 0 Å². The molecule has 2 aromatic carbocycles. The van der Waals surface area contributed by atoms with Crippen molar-refractivity contribution in [3.05, 3.63) is 60.3 Å². The Hall–Kier alpha value is -2.75. The number of hydrogen-bond acceptors (Lipinski definition) is 4. The van der Waals surface area contributed by atoms with Crippen molar-refractivity contribution in [2.24, 2.45) is 0 Å². The van der Waals surface area contributed by atoms with E-state index in [9.17, 15) is 0 Å². The largest absolute Gasteiger partial charge is 0.489 e. The van der Waals surface area contributed by atoms with Crippen molar-refractivity contribution in [2.75, 3.05) is 18.1 Å². The van der Waals surface area contributed by atoms with Crippen LogP contribution in [0, 0.1) is 0 Å². The second-order valence-corrected chi connectivity index (χ2v) is 4.79. The maximum absolute atomic E-state index is 6.15. The fourth-order valence-electron chi connectivity index (χ4n) is 2.22. The molecule has 0 aliphatic heterocycles. The molecular formula is C17H17N3O. The zero-order valence-corrected chi connectivity index (χ0v) is 11.8. The van der Waals surface area contributed by atoms with E-state index in [1.54, 1.807) is 6.20 Å². The fourth-order valence-corrected chi connectivity index (χ4v) is 2.22. The molecule has 1 aromatic heterocycles. The lowest BCUT2D eigenvalue weighted by molar-refractivity contribution is 0.306. The summed E-state index contributed by atoms with van der Waals surface area (Å²) in [5, 5.41) is 3.93. The molecule has 0 saturated heterocycles. The molecule has 1 heterocycles. The van der Waals surface area contributed by atoms with Crippen molar-refractivity contribution in [3.63, 3.8) is 0 Å². The Morgan fingerprint density at radius 2 is 1.95 bits per heavy atom. The Balaban J connectivity index is 1.88. The van der Waals surface area contributed by atoms with Gasteiger partial charge in [0.15, 0.2) is 0 Å². The number of benzene rings is 2. The Kier molecular flexibility index (Phi) is 3.60. The molecule has 106 valence electrons. The van der Waals surface area contributed by atoms with Crippen LogP contribution in [-0.2, 0) is 6.61 Å². The number of anilines is 2. The molecule has 3 rings (SSSR count). The lowest BCUT2D eigenvalue weighted by atomic mass is 10.1. The minimum atomic E-state index is 0.533. The third-order valence-electron chi connectivity index (χ3n) is 3.40. The van der Waals surface area contributed by atoms with E-state index in [1.165, 1.54) is 0 Å². The van der Waals surface area contributed by atoms with Crippen LogP contribution in [0.4, 0.5) is 11.4 Å². The summed E-state index contributed by atoms with van der Waals surface area (Å²) in [7, 11) is 1.83. The van der Waals surface area contributed by atoms with E-state index < -0.39 is 0 Å². The summed E-state index contributed by atoms with van der Waals surface area (Å²) < 4.78 is 5.82. The third kappa shape index (κ3) is 2.74. The Bertz CT molecular complexity index is 757. The van der Waals surface area contributed by atoms with Gasteiger partial charge in [-0.3, -0.25) is 4.98 Å². The first-order valence-electron chi connectivity index (χ1n) is 6.80. The number of nitrogen functional groups attached to an aromatic ring is 1. The smallest absolute Gasteiger partial charge is 0.120 e. The molecule has 0 spiro atoms. The van der Waals surface area contributed by atoms with Gasteiger partial charge in [-0.1, -0.05) is 30.3 Å². The van der Waals surface area contributed by atoms with Crippen LogP contribution >= 0.6 is 0 Å². The maximum atomic E-state index is 6.15.